The van der Waals surface area contributed by atoms with Gasteiger partial charge < -0.3 is 24.4 Å². The summed E-state index contributed by atoms with van der Waals surface area (Å²) in [5.41, 5.74) is 1.17. The number of piperidine rings is 1. The molecule has 1 saturated heterocycles. The Morgan fingerprint density at radius 1 is 1.14 bits per heavy atom. The first-order valence-electron chi connectivity index (χ1n) is 7.78. The van der Waals surface area contributed by atoms with Crippen LogP contribution in [-0.4, -0.2) is 59.5 Å². The van der Waals surface area contributed by atoms with Gasteiger partial charge in [-0.25, -0.2) is 0 Å². The first kappa shape index (κ1) is 16.9. The third-order valence-electron chi connectivity index (χ3n) is 4.58. The molecular formula is C17H28N2O3. The number of ether oxygens (including phenoxy) is 3. The molecule has 1 N–H and O–H groups in total. The molecule has 124 valence electrons. The molecule has 5 nitrogen and oxygen atoms in total. The molecule has 0 spiro atoms. The van der Waals surface area contributed by atoms with E-state index in [-0.39, 0.29) is 0 Å². The van der Waals surface area contributed by atoms with Crippen molar-refractivity contribution in [2.24, 2.45) is 5.92 Å². The van der Waals surface area contributed by atoms with Crippen LogP contribution in [-0.2, 0) is 6.42 Å². The second-order valence-corrected chi connectivity index (χ2v) is 5.90. The Hall–Kier alpha value is -1.46. The van der Waals surface area contributed by atoms with Gasteiger partial charge in [-0.15, -0.1) is 0 Å². The van der Waals surface area contributed by atoms with Gasteiger partial charge in [0.05, 0.1) is 21.3 Å². The maximum atomic E-state index is 5.61. The molecule has 0 amide bonds. The summed E-state index contributed by atoms with van der Waals surface area (Å²) in [6.07, 6.45) is 2.13. The van der Waals surface area contributed by atoms with E-state index >= 15 is 0 Å². The number of benzene rings is 1. The van der Waals surface area contributed by atoms with Gasteiger partial charge in [-0.3, -0.25) is 0 Å². The number of hydrogen-bond acceptors (Lipinski definition) is 5. The second kappa shape index (κ2) is 7.70. The van der Waals surface area contributed by atoms with Crippen molar-refractivity contribution in [3.8, 4) is 17.2 Å². The number of likely N-dealkylation sites (tertiary alicyclic amines) is 1. The Labute approximate surface area is 133 Å². The molecule has 0 saturated carbocycles. The van der Waals surface area contributed by atoms with Crippen molar-refractivity contribution >= 4 is 0 Å². The Balaban J connectivity index is 2.28. The number of nitrogens with one attached hydrogen (secondary N) is 1. The monoisotopic (exact) mass is 308 g/mol. The highest BCUT2D eigenvalue weighted by Crippen LogP contribution is 2.41. The van der Waals surface area contributed by atoms with Crippen LogP contribution < -0.4 is 19.5 Å². The van der Waals surface area contributed by atoms with E-state index in [9.17, 15) is 0 Å². The van der Waals surface area contributed by atoms with E-state index in [1.165, 1.54) is 12.0 Å². The van der Waals surface area contributed by atoms with Crippen LogP contribution in [0.25, 0.3) is 0 Å². The van der Waals surface area contributed by atoms with Crippen LogP contribution in [0.2, 0.25) is 0 Å². The van der Waals surface area contributed by atoms with Gasteiger partial charge in [-0.2, -0.15) is 0 Å². The minimum Gasteiger partial charge on any atom is -0.493 e. The molecule has 2 rings (SSSR count). The van der Waals surface area contributed by atoms with E-state index in [0.29, 0.717) is 23.5 Å². The van der Waals surface area contributed by atoms with Crippen LogP contribution in [0, 0.1) is 5.92 Å². The molecule has 5 heteroatoms. The summed E-state index contributed by atoms with van der Waals surface area (Å²) in [7, 11) is 9.21. The maximum Gasteiger partial charge on any atom is 0.203 e. The van der Waals surface area contributed by atoms with Crippen molar-refractivity contribution in [3.05, 3.63) is 17.7 Å². The average molecular weight is 308 g/mol. The fourth-order valence-corrected chi connectivity index (χ4v) is 3.41. The summed E-state index contributed by atoms with van der Waals surface area (Å²) in [6.45, 7) is 2.23. The Morgan fingerprint density at radius 2 is 1.86 bits per heavy atom. The zero-order chi connectivity index (χ0) is 16.1. The van der Waals surface area contributed by atoms with Gasteiger partial charge >= 0.3 is 0 Å². The number of rotatable bonds is 6. The van der Waals surface area contributed by atoms with E-state index in [0.717, 1.165) is 25.3 Å². The Kier molecular flexibility index (Phi) is 5.91. The van der Waals surface area contributed by atoms with Crippen molar-refractivity contribution < 1.29 is 14.2 Å². The van der Waals surface area contributed by atoms with Crippen LogP contribution >= 0.6 is 0 Å². The lowest BCUT2D eigenvalue weighted by Crippen LogP contribution is -2.47. The third kappa shape index (κ3) is 3.47. The lowest BCUT2D eigenvalue weighted by molar-refractivity contribution is 0.167. The quantitative estimate of drug-likeness (QED) is 0.868. The van der Waals surface area contributed by atoms with Crippen molar-refractivity contribution in [3.63, 3.8) is 0 Å². The van der Waals surface area contributed by atoms with Crippen LogP contribution in [0.15, 0.2) is 12.1 Å². The summed E-state index contributed by atoms with van der Waals surface area (Å²) in [6, 6.07) is 4.58. The van der Waals surface area contributed by atoms with Crippen molar-refractivity contribution in [1.82, 2.24) is 10.2 Å². The van der Waals surface area contributed by atoms with Gasteiger partial charge in [0, 0.05) is 12.6 Å². The smallest absolute Gasteiger partial charge is 0.203 e. The van der Waals surface area contributed by atoms with Crippen molar-refractivity contribution in [1.29, 1.82) is 0 Å². The standard InChI is InChI=1S/C17H28N2O3/c1-18-14-8-9-19(2)11-13(14)10-12-6-7-15(20-3)17(22-5)16(12)21-4/h6-7,13-14,18H,8-11H2,1-5H3/t13-,14+/m1/s1. The first-order valence-corrected chi connectivity index (χ1v) is 7.78. The second-order valence-electron chi connectivity index (χ2n) is 5.90. The highest BCUT2D eigenvalue weighted by Gasteiger charge is 2.28. The average Bonchev–Trinajstić information content (AvgIpc) is 2.54. The SMILES string of the molecule is CN[C@H]1CCN(C)C[C@H]1Cc1ccc(OC)c(OC)c1OC. The zero-order valence-corrected chi connectivity index (χ0v) is 14.3. The molecule has 0 radical (unpaired) electrons. The highest BCUT2D eigenvalue weighted by atomic mass is 16.5. The highest BCUT2D eigenvalue weighted by molar-refractivity contribution is 5.55. The first-order chi connectivity index (χ1) is 10.6. The van der Waals surface area contributed by atoms with E-state index in [4.69, 9.17) is 14.2 Å². The van der Waals surface area contributed by atoms with Gasteiger partial charge in [0.15, 0.2) is 11.5 Å². The summed E-state index contributed by atoms with van der Waals surface area (Å²) < 4.78 is 16.5. The summed E-state index contributed by atoms with van der Waals surface area (Å²) >= 11 is 0. The van der Waals surface area contributed by atoms with Crippen molar-refractivity contribution in [2.75, 3.05) is 48.5 Å². The number of methoxy groups -OCH3 is 3. The maximum absolute atomic E-state index is 5.61. The van der Waals surface area contributed by atoms with Gasteiger partial charge in [0.2, 0.25) is 5.75 Å². The molecule has 2 atom stereocenters. The molecule has 0 aliphatic carbocycles. The summed E-state index contributed by atoms with van der Waals surface area (Å²) in [5.74, 6) is 2.71. The lowest BCUT2D eigenvalue weighted by Gasteiger charge is -2.37. The molecule has 1 aliphatic rings. The molecule has 1 heterocycles. The largest absolute Gasteiger partial charge is 0.493 e. The molecule has 1 aliphatic heterocycles. The summed E-state index contributed by atoms with van der Waals surface area (Å²) in [4.78, 5) is 2.39. The van der Waals surface area contributed by atoms with Gasteiger partial charge in [-0.1, -0.05) is 6.07 Å². The zero-order valence-electron chi connectivity index (χ0n) is 14.3. The molecule has 0 aromatic heterocycles. The molecule has 22 heavy (non-hydrogen) atoms. The van der Waals surface area contributed by atoms with Crippen molar-refractivity contribution in [2.45, 2.75) is 18.9 Å². The van der Waals surface area contributed by atoms with Crippen LogP contribution in [0.3, 0.4) is 0 Å². The fraction of sp³-hybridized carbons (Fsp3) is 0.647. The van der Waals surface area contributed by atoms with E-state index < -0.39 is 0 Å². The summed E-state index contributed by atoms with van der Waals surface area (Å²) in [5, 5.41) is 3.46. The molecule has 1 aromatic carbocycles. The molecule has 0 unspecified atom stereocenters. The van der Waals surface area contributed by atoms with Gasteiger partial charge in [-0.05, 0) is 51.0 Å². The predicted octanol–water partition coefficient (Wildman–Crippen LogP) is 1.79. The van der Waals surface area contributed by atoms with Gasteiger partial charge in [0.1, 0.15) is 0 Å². The van der Waals surface area contributed by atoms with E-state index in [2.05, 4.69) is 30.4 Å². The van der Waals surface area contributed by atoms with Gasteiger partial charge in [0.25, 0.3) is 0 Å². The van der Waals surface area contributed by atoms with Crippen LogP contribution in [0.5, 0.6) is 17.2 Å². The molecule has 1 fully saturated rings. The molecule has 1 aromatic rings. The Bertz CT molecular complexity index is 493. The normalized spacial score (nSPS) is 22.4. The van der Waals surface area contributed by atoms with Crippen LogP contribution in [0.4, 0.5) is 0 Å². The fourth-order valence-electron chi connectivity index (χ4n) is 3.41. The minimum atomic E-state index is 0.536. The minimum absolute atomic E-state index is 0.536. The number of nitrogens with zero attached hydrogens (tertiary/aromatic N) is 1. The third-order valence-corrected chi connectivity index (χ3v) is 4.58. The molecule has 0 bridgehead atoms. The number of hydrogen-bond donors (Lipinski definition) is 1. The van der Waals surface area contributed by atoms with E-state index in [1.807, 2.05) is 6.07 Å². The topological polar surface area (TPSA) is 43.0 Å². The lowest BCUT2D eigenvalue weighted by atomic mass is 9.86. The molecular weight excluding hydrogens is 280 g/mol. The van der Waals surface area contributed by atoms with Crippen LogP contribution in [0.1, 0.15) is 12.0 Å². The predicted molar refractivity (Wildman–Crippen MR) is 88.3 cm³/mol. The van der Waals surface area contributed by atoms with E-state index in [1.54, 1.807) is 21.3 Å². The Morgan fingerprint density at radius 3 is 2.45 bits per heavy atom.